The fraction of sp³-hybridized carbons (Fsp3) is 0.571. The van der Waals surface area contributed by atoms with Crippen molar-refractivity contribution in [2.24, 2.45) is 0 Å². The molecule has 0 aromatic heterocycles. The Hall–Kier alpha value is -2.45. The van der Waals surface area contributed by atoms with Gasteiger partial charge in [-0.15, -0.1) is 0 Å². The fourth-order valence-corrected chi connectivity index (χ4v) is 4.71. The molecule has 2 bridgehead atoms. The van der Waals surface area contributed by atoms with Gasteiger partial charge in [0.05, 0.1) is 25.4 Å². The number of fused-ring (bicyclic) bond motifs is 5. The van der Waals surface area contributed by atoms with E-state index in [0.29, 0.717) is 58.0 Å². The monoisotopic (exact) mass is 399 g/mol. The number of amides is 3. The Morgan fingerprint density at radius 2 is 1.34 bits per heavy atom. The maximum atomic E-state index is 13.0. The van der Waals surface area contributed by atoms with E-state index in [9.17, 15) is 14.4 Å². The van der Waals surface area contributed by atoms with E-state index in [1.807, 2.05) is 18.2 Å². The molecular weight excluding hydrogens is 374 g/mol. The molecule has 0 spiro atoms. The SMILES string of the molecule is O=C(C(=O)N1CCN(C(=O)c2ccc3c(c2)C2CCC3O2)CC1)N1CCOCC1. The lowest BCUT2D eigenvalue weighted by atomic mass is 9.90. The molecule has 4 heterocycles. The van der Waals surface area contributed by atoms with Crippen LogP contribution in [0.4, 0.5) is 0 Å². The predicted octanol–water partition coefficient (Wildman–Crippen LogP) is 0.736. The number of carbonyl (C=O) groups excluding carboxylic acids is 3. The van der Waals surface area contributed by atoms with Crippen LogP contribution in [-0.4, -0.2) is 84.9 Å². The largest absolute Gasteiger partial charge is 0.378 e. The molecule has 4 aliphatic heterocycles. The number of hydrogen-bond donors (Lipinski definition) is 0. The molecule has 5 rings (SSSR count). The van der Waals surface area contributed by atoms with Crippen LogP contribution in [-0.2, 0) is 19.1 Å². The number of carbonyl (C=O) groups is 3. The van der Waals surface area contributed by atoms with Crippen molar-refractivity contribution in [2.75, 3.05) is 52.5 Å². The van der Waals surface area contributed by atoms with Crippen molar-refractivity contribution in [1.29, 1.82) is 0 Å². The number of hydrogen-bond acceptors (Lipinski definition) is 5. The Bertz CT molecular complexity index is 843. The van der Waals surface area contributed by atoms with Crippen LogP contribution >= 0.6 is 0 Å². The number of benzene rings is 1. The Labute approximate surface area is 169 Å². The zero-order chi connectivity index (χ0) is 20.0. The Kier molecular flexibility index (Phi) is 4.75. The minimum Gasteiger partial charge on any atom is -0.378 e. The van der Waals surface area contributed by atoms with E-state index in [1.54, 1.807) is 14.7 Å². The summed E-state index contributed by atoms with van der Waals surface area (Å²) < 4.78 is 11.2. The van der Waals surface area contributed by atoms with E-state index in [-0.39, 0.29) is 18.1 Å². The smallest absolute Gasteiger partial charge is 0.312 e. The summed E-state index contributed by atoms with van der Waals surface area (Å²) >= 11 is 0. The Morgan fingerprint density at radius 3 is 2.03 bits per heavy atom. The van der Waals surface area contributed by atoms with Crippen LogP contribution < -0.4 is 0 Å². The summed E-state index contributed by atoms with van der Waals surface area (Å²) in [6.07, 6.45) is 2.40. The summed E-state index contributed by atoms with van der Waals surface area (Å²) in [5, 5.41) is 0. The lowest BCUT2D eigenvalue weighted by Gasteiger charge is -2.36. The first-order chi connectivity index (χ1) is 14.1. The van der Waals surface area contributed by atoms with Gasteiger partial charge in [-0.2, -0.15) is 0 Å². The molecule has 0 radical (unpaired) electrons. The van der Waals surface area contributed by atoms with Gasteiger partial charge in [0.25, 0.3) is 5.91 Å². The first-order valence-electron chi connectivity index (χ1n) is 10.4. The highest BCUT2D eigenvalue weighted by Gasteiger charge is 2.38. The van der Waals surface area contributed by atoms with Crippen LogP contribution in [0.2, 0.25) is 0 Å². The van der Waals surface area contributed by atoms with Crippen molar-refractivity contribution in [3.63, 3.8) is 0 Å². The van der Waals surface area contributed by atoms with E-state index in [1.165, 1.54) is 5.56 Å². The first-order valence-corrected chi connectivity index (χ1v) is 10.4. The van der Waals surface area contributed by atoms with Crippen LogP contribution in [0.25, 0.3) is 0 Å². The number of morpholine rings is 1. The van der Waals surface area contributed by atoms with Gasteiger partial charge in [0, 0.05) is 44.8 Å². The summed E-state index contributed by atoms with van der Waals surface area (Å²) in [5.74, 6) is -0.978. The van der Waals surface area contributed by atoms with Crippen molar-refractivity contribution in [3.05, 3.63) is 34.9 Å². The summed E-state index contributed by atoms with van der Waals surface area (Å²) in [7, 11) is 0. The fourth-order valence-electron chi connectivity index (χ4n) is 4.71. The van der Waals surface area contributed by atoms with Crippen LogP contribution in [0.1, 0.15) is 46.5 Å². The molecule has 4 aliphatic rings. The Morgan fingerprint density at radius 1 is 0.759 bits per heavy atom. The third-order valence-corrected chi connectivity index (χ3v) is 6.38. The van der Waals surface area contributed by atoms with Gasteiger partial charge in [0.1, 0.15) is 0 Å². The second kappa shape index (κ2) is 7.42. The number of nitrogens with zero attached hydrogens (tertiary/aromatic N) is 3. The van der Waals surface area contributed by atoms with E-state index in [0.717, 1.165) is 18.4 Å². The van der Waals surface area contributed by atoms with Gasteiger partial charge in [0.2, 0.25) is 0 Å². The van der Waals surface area contributed by atoms with E-state index >= 15 is 0 Å². The highest BCUT2D eigenvalue weighted by molar-refractivity contribution is 6.34. The van der Waals surface area contributed by atoms with Crippen molar-refractivity contribution in [2.45, 2.75) is 25.0 Å². The van der Waals surface area contributed by atoms with Crippen LogP contribution in [0.5, 0.6) is 0 Å². The Balaban J connectivity index is 1.20. The minimum atomic E-state index is -0.482. The van der Waals surface area contributed by atoms with Gasteiger partial charge in [0.15, 0.2) is 0 Å². The number of rotatable bonds is 1. The molecule has 1 aromatic rings. The number of ether oxygens (including phenoxy) is 2. The molecule has 3 amide bonds. The van der Waals surface area contributed by atoms with Crippen LogP contribution in [0, 0.1) is 0 Å². The quantitative estimate of drug-likeness (QED) is 0.651. The minimum absolute atomic E-state index is 0.0258. The standard InChI is InChI=1S/C21H25N3O5/c25-19(14-1-2-15-16(13-14)18-4-3-17(15)29-18)22-5-7-23(8-6-22)20(26)21(27)24-9-11-28-12-10-24/h1-2,13,17-18H,3-12H2. The normalized spacial score (nSPS) is 25.9. The van der Waals surface area contributed by atoms with Crippen LogP contribution in [0.3, 0.4) is 0 Å². The van der Waals surface area contributed by atoms with Gasteiger partial charge in [-0.3, -0.25) is 14.4 Å². The highest BCUT2D eigenvalue weighted by Crippen LogP contribution is 2.50. The van der Waals surface area contributed by atoms with Gasteiger partial charge >= 0.3 is 11.8 Å². The molecule has 2 atom stereocenters. The number of piperazine rings is 1. The maximum absolute atomic E-state index is 13.0. The summed E-state index contributed by atoms with van der Waals surface area (Å²) in [4.78, 5) is 42.7. The average molecular weight is 399 g/mol. The molecule has 0 saturated carbocycles. The molecule has 0 aliphatic carbocycles. The predicted molar refractivity (Wildman–Crippen MR) is 102 cm³/mol. The molecule has 1 aromatic carbocycles. The van der Waals surface area contributed by atoms with Crippen molar-refractivity contribution in [1.82, 2.24) is 14.7 Å². The van der Waals surface area contributed by atoms with E-state index < -0.39 is 11.8 Å². The van der Waals surface area contributed by atoms with Crippen molar-refractivity contribution in [3.8, 4) is 0 Å². The maximum Gasteiger partial charge on any atom is 0.312 e. The topological polar surface area (TPSA) is 79.4 Å². The second-order valence-corrected chi connectivity index (χ2v) is 8.02. The third kappa shape index (κ3) is 3.30. The van der Waals surface area contributed by atoms with E-state index in [2.05, 4.69) is 0 Å². The molecule has 154 valence electrons. The molecule has 3 saturated heterocycles. The molecule has 2 unspecified atom stereocenters. The molecule has 8 nitrogen and oxygen atoms in total. The first kappa shape index (κ1) is 18.6. The highest BCUT2D eigenvalue weighted by atomic mass is 16.5. The molecule has 0 N–H and O–H groups in total. The molecule has 29 heavy (non-hydrogen) atoms. The average Bonchev–Trinajstić information content (AvgIpc) is 3.41. The molecule has 3 fully saturated rings. The second-order valence-electron chi connectivity index (χ2n) is 8.02. The van der Waals surface area contributed by atoms with Gasteiger partial charge in [-0.1, -0.05) is 6.07 Å². The van der Waals surface area contributed by atoms with Crippen molar-refractivity contribution >= 4 is 17.7 Å². The van der Waals surface area contributed by atoms with Crippen molar-refractivity contribution < 1.29 is 23.9 Å². The zero-order valence-corrected chi connectivity index (χ0v) is 16.3. The summed E-state index contributed by atoms with van der Waals surface area (Å²) in [6, 6.07) is 5.87. The third-order valence-electron chi connectivity index (χ3n) is 6.38. The lowest BCUT2D eigenvalue weighted by Crippen LogP contribution is -2.55. The van der Waals surface area contributed by atoms with E-state index in [4.69, 9.17) is 9.47 Å². The lowest BCUT2D eigenvalue weighted by molar-refractivity contribution is -0.154. The zero-order valence-electron chi connectivity index (χ0n) is 16.3. The summed E-state index contributed by atoms with van der Waals surface area (Å²) in [5.41, 5.74) is 3.04. The van der Waals surface area contributed by atoms with Gasteiger partial charge in [-0.25, -0.2) is 0 Å². The van der Waals surface area contributed by atoms with Crippen LogP contribution in [0.15, 0.2) is 18.2 Å². The van der Waals surface area contributed by atoms with Gasteiger partial charge < -0.3 is 24.2 Å². The molecule has 8 heteroatoms. The molecular formula is C21H25N3O5. The van der Waals surface area contributed by atoms with Gasteiger partial charge in [-0.05, 0) is 36.1 Å². The summed E-state index contributed by atoms with van der Waals surface area (Å²) in [6.45, 7) is 3.45.